The van der Waals surface area contributed by atoms with Crippen molar-refractivity contribution in [3.05, 3.63) is 45.2 Å². The van der Waals surface area contributed by atoms with Crippen LogP contribution < -0.4 is 5.32 Å². The number of carbonyl (C=O) groups excluding carboxylic acids is 1. The molecular formula is C19H24Cl2N4O3S. The molecule has 0 spiro atoms. The van der Waals surface area contributed by atoms with E-state index in [4.69, 9.17) is 23.2 Å². The van der Waals surface area contributed by atoms with Gasteiger partial charge in [0.1, 0.15) is 4.90 Å². The van der Waals surface area contributed by atoms with Crippen LogP contribution in [0.4, 0.5) is 0 Å². The Hall–Kier alpha value is -1.61. The van der Waals surface area contributed by atoms with E-state index in [1.54, 1.807) is 6.20 Å². The first kappa shape index (κ1) is 22.1. The van der Waals surface area contributed by atoms with Crippen LogP contribution in [0.5, 0.6) is 0 Å². The van der Waals surface area contributed by atoms with E-state index in [-0.39, 0.29) is 27.0 Å². The number of aryl methyl sites for hydroxylation is 1. The van der Waals surface area contributed by atoms with Gasteiger partial charge in [0.05, 0.1) is 21.8 Å². The number of amides is 1. The Balaban J connectivity index is 1.84. The SMILES string of the molecule is CCn1ncc(CNC(=O)c2cc(S(=O)(=O)N3CCCCC3)c(Cl)cc2Cl)c1C. The summed E-state index contributed by atoms with van der Waals surface area (Å²) < 4.78 is 29.3. The number of nitrogens with one attached hydrogen (secondary N) is 1. The van der Waals surface area contributed by atoms with E-state index >= 15 is 0 Å². The third-order valence-electron chi connectivity index (χ3n) is 5.14. The quantitative estimate of drug-likeness (QED) is 0.715. The van der Waals surface area contributed by atoms with Gasteiger partial charge in [0, 0.05) is 37.4 Å². The average molecular weight is 459 g/mol. The van der Waals surface area contributed by atoms with Gasteiger partial charge in [-0.1, -0.05) is 29.6 Å². The van der Waals surface area contributed by atoms with Crippen molar-refractivity contribution in [2.24, 2.45) is 0 Å². The monoisotopic (exact) mass is 458 g/mol. The Morgan fingerprint density at radius 2 is 1.86 bits per heavy atom. The van der Waals surface area contributed by atoms with E-state index in [0.29, 0.717) is 13.1 Å². The Bertz CT molecular complexity index is 1010. The van der Waals surface area contributed by atoms with Crippen molar-refractivity contribution in [2.45, 2.75) is 51.1 Å². The molecule has 0 saturated carbocycles. The molecule has 1 aliphatic rings. The summed E-state index contributed by atoms with van der Waals surface area (Å²) in [6, 6.07) is 2.58. The van der Waals surface area contributed by atoms with Crippen molar-refractivity contribution in [2.75, 3.05) is 13.1 Å². The lowest BCUT2D eigenvalue weighted by Crippen LogP contribution is -2.36. The summed E-state index contributed by atoms with van der Waals surface area (Å²) >= 11 is 12.4. The molecule has 7 nitrogen and oxygen atoms in total. The predicted octanol–water partition coefficient (Wildman–Crippen LogP) is 3.62. The second-order valence-electron chi connectivity index (χ2n) is 6.98. The molecule has 158 valence electrons. The Morgan fingerprint density at radius 1 is 1.17 bits per heavy atom. The summed E-state index contributed by atoms with van der Waals surface area (Å²) in [5.41, 5.74) is 1.92. The van der Waals surface area contributed by atoms with E-state index in [0.717, 1.165) is 37.1 Å². The van der Waals surface area contributed by atoms with Crippen molar-refractivity contribution in [3.8, 4) is 0 Å². The predicted molar refractivity (Wildman–Crippen MR) is 113 cm³/mol. The molecule has 1 saturated heterocycles. The fourth-order valence-electron chi connectivity index (χ4n) is 3.39. The molecule has 10 heteroatoms. The van der Waals surface area contributed by atoms with Crippen LogP contribution in [-0.2, 0) is 23.1 Å². The zero-order valence-corrected chi connectivity index (χ0v) is 18.7. The molecule has 1 fully saturated rings. The molecule has 1 aromatic heterocycles. The number of aromatic nitrogens is 2. The summed E-state index contributed by atoms with van der Waals surface area (Å²) in [5, 5.41) is 7.15. The molecule has 1 N–H and O–H groups in total. The maximum Gasteiger partial charge on any atom is 0.253 e. The molecular weight excluding hydrogens is 435 g/mol. The van der Waals surface area contributed by atoms with Gasteiger partial charge in [0.15, 0.2) is 0 Å². The highest BCUT2D eigenvalue weighted by Crippen LogP contribution is 2.31. The molecule has 0 bridgehead atoms. The number of sulfonamides is 1. The van der Waals surface area contributed by atoms with Crippen LogP contribution in [0.3, 0.4) is 0 Å². The summed E-state index contributed by atoms with van der Waals surface area (Å²) in [5.74, 6) is -0.467. The Morgan fingerprint density at radius 3 is 2.48 bits per heavy atom. The number of hydrogen-bond acceptors (Lipinski definition) is 4. The summed E-state index contributed by atoms with van der Waals surface area (Å²) in [7, 11) is -3.79. The number of rotatable bonds is 6. The van der Waals surface area contributed by atoms with Crippen molar-refractivity contribution in [3.63, 3.8) is 0 Å². The summed E-state index contributed by atoms with van der Waals surface area (Å²) in [6.45, 7) is 5.81. The minimum atomic E-state index is -3.79. The molecule has 0 atom stereocenters. The van der Waals surface area contributed by atoms with E-state index < -0.39 is 15.9 Å². The highest BCUT2D eigenvalue weighted by atomic mass is 35.5. The second-order valence-corrected chi connectivity index (χ2v) is 9.70. The molecule has 0 aliphatic carbocycles. The van der Waals surface area contributed by atoms with Gasteiger partial charge in [0.25, 0.3) is 5.91 Å². The lowest BCUT2D eigenvalue weighted by Gasteiger charge is -2.26. The minimum absolute atomic E-state index is 0.0113. The van der Waals surface area contributed by atoms with Crippen LogP contribution in [0.15, 0.2) is 23.2 Å². The standard InChI is InChI=1S/C19H24Cl2N4O3S/c1-3-25-13(2)14(12-23-25)11-22-19(26)15-9-18(17(21)10-16(15)20)29(27,28)24-7-5-4-6-8-24/h9-10,12H,3-8,11H2,1-2H3,(H,22,26). The van der Waals surface area contributed by atoms with E-state index in [2.05, 4.69) is 10.4 Å². The van der Waals surface area contributed by atoms with Crippen LogP contribution in [-0.4, -0.2) is 41.5 Å². The number of hydrogen-bond donors (Lipinski definition) is 1. The molecule has 0 radical (unpaired) electrons. The first-order valence-corrected chi connectivity index (χ1v) is 11.7. The lowest BCUT2D eigenvalue weighted by molar-refractivity contribution is 0.0951. The van der Waals surface area contributed by atoms with Gasteiger partial charge in [-0.05, 0) is 38.8 Å². The smallest absolute Gasteiger partial charge is 0.253 e. The number of benzene rings is 1. The van der Waals surface area contributed by atoms with Crippen molar-refractivity contribution in [1.29, 1.82) is 0 Å². The number of nitrogens with zero attached hydrogens (tertiary/aromatic N) is 3. The maximum absolute atomic E-state index is 13.0. The number of carbonyl (C=O) groups is 1. The van der Waals surface area contributed by atoms with Gasteiger partial charge in [-0.15, -0.1) is 0 Å². The van der Waals surface area contributed by atoms with E-state index in [1.165, 1.54) is 16.4 Å². The van der Waals surface area contributed by atoms with Crippen molar-refractivity contribution in [1.82, 2.24) is 19.4 Å². The van der Waals surface area contributed by atoms with Gasteiger partial charge >= 0.3 is 0 Å². The molecule has 1 amide bonds. The number of halogens is 2. The molecule has 1 aromatic carbocycles. The highest BCUT2D eigenvalue weighted by Gasteiger charge is 2.29. The van der Waals surface area contributed by atoms with Crippen molar-refractivity contribution < 1.29 is 13.2 Å². The van der Waals surface area contributed by atoms with Crippen LogP contribution in [0.25, 0.3) is 0 Å². The first-order chi connectivity index (χ1) is 13.8. The fraction of sp³-hybridized carbons (Fsp3) is 0.474. The van der Waals surface area contributed by atoms with Crippen LogP contribution >= 0.6 is 23.2 Å². The van der Waals surface area contributed by atoms with Crippen LogP contribution in [0.1, 0.15) is 47.8 Å². The minimum Gasteiger partial charge on any atom is -0.348 e. The largest absolute Gasteiger partial charge is 0.348 e. The summed E-state index contributed by atoms with van der Waals surface area (Å²) in [6.07, 6.45) is 4.32. The lowest BCUT2D eigenvalue weighted by atomic mass is 10.2. The zero-order valence-electron chi connectivity index (χ0n) is 16.4. The fourth-order valence-corrected chi connectivity index (χ4v) is 5.74. The molecule has 3 rings (SSSR count). The highest BCUT2D eigenvalue weighted by molar-refractivity contribution is 7.89. The van der Waals surface area contributed by atoms with E-state index in [9.17, 15) is 13.2 Å². The van der Waals surface area contributed by atoms with Crippen LogP contribution in [0.2, 0.25) is 10.0 Å². The number of piperidine rings is 1. The molecule has 1 aliphatic heterocycles. The third-order valence-corrected chi connectivity index (χ3v) is 7.82. The molecule has 0 unspecified atom stereocenters. The maximum atomic E-state index is 13.0. The normalized spacial score (nSPS) is 15.4. The van der Waals surface area contributed by atoms with Gasteiger partial charge in [-0.25, -0.2) is 8.42 Å². The topological polar surface area (TPSA) is 84.3 Å². The van der Waals surface area contributed by atoms with Gasteiger partial charge in [0.2, 0.25) is 10.0 Å². The Labute approximate surface area is 181 Å². The van der Waals surface area contributed by atoms with Gasteiger partial charge in [-0.2, -0.15) is 9.40 Å². The zero-order chi connectivity index (χ0) is 21.2. The van der Waals surface area contributed by atoms with E-state index in [1.807, 2.05) is 18.5 Å². The van der Waals surface area contributed by atoms with Gasteiger partial charge < -0.3 is 5.32 Å². The van der Waals surface area contributed by atoms with Gasteiger partial charge in [-0.3, -0.25) is 9.48 Å². The molecule has 2 heterocycles. The Kier molecular flexibility index (Phi) is 6.88. The summed E-state index contributed by atoms with van der Waals surface area (Å²) in [4.78, 5) is 12.6. The molecule has 2 aromatic rings. The second kappa shape index (κ2) is 9.04. The van der Waals surface area contributed by atoms with Crippen molar-refractivity contribution >= 4 is 39.1 Å². The third kappa shape index (κ3) is 4.60. The van der Waals surface area contributed by atoms with Crippen LogP contribution in [0, 0.1) is 6.92 Å². The molecule has 29 heavy (non-hydrogen) atoms. The average Bonchev–Trinajstić information content (AvgIpc) is 3.06. The first-order valence-electron chi connectivity index (χ1n) is 9.54.